The Kier molecular flexibility index (Phi) is 5.88. The first-order chi connectivity index (χ1) is 13.1. The number of carbonyl (C=O) groups excluding carboxylic acids is 1. The van der Waals surface area contributed by atoms with Gasteiger partial charge in [-0.1, -0.05) is 18.2 Å². The number of methoxy groups -OCH3 is 1. The van der Waals surface area contributed by atoms with Gasteiger partial charge in [-0.2, -0.15) is 0 Å². The first kappa shape index (κ1) is 18.7. The summed E-state index contributed by atoms with van der Waals surface area (Å²) in [4.78, 5) is 27.0. The molecule has 1 atom stereocenters. The third kappa shape index (κ3) is 4.54. The number of rotatable bonds is 9. The summed E-state index contributed by atoms with van der Waals surface area (Å²) in [5.41, 5.74) is 2.50. The number of carboxylic acids is 1. The minimum atomic E-state index is -0.933. The largest absolute Gasteiger partial charge is 0.497 e. The SMILES string of the molecule is COc1ccc(C(=O)CCN[C@H](Cc2c[nH]c3ccccc23)C(=O)O)cc1. The number of aliphatic carboxylic acids is 1. The Morgan fingerprint density at radius 3 is 2.59 bits per heavy atom. The predicted octanol–water partition coefficient (Wildman–Crippen LogP) is 3.03. The maximum absolute atomic E-state index is 12.3. The maximum Gasteiger partial charge on any atom is 0.321 e. The quantitative estimate of drug-likeness (QED) is 0.506. The van der Waals surface area contributed by atoms with Crippen LogP contribution in [0.5, 0.6) is 5.75 Å². The first-order valence-electron chi connectivity index (χ1n) is 8.77. The van der Waals surface area contributed by atoms with E-state index in [9.17, 15) is 14.7 Å². The van der Waals surface area contributed by atoms with Gasteiger partial charge in [0.05, 0.1) is 7.11 Å². The molecule has 0 aliphatic heterocycles. The zero-order valence-electron chi connectivity index (χ0n) is 15.1. The number of fused-ring (bicyclic) bond motifs is 1. The molecule has 3 N–H and O–H groups in total. The number of para-hydroxylation sites is 1. The second-order valence-electron chi connectivity index (χ2n) is 6.31. The zero-order valence-corrected chi connectivity index (χ0v) is 15.1. The van der Waals surface area contributed by atoms with Crippen LogP contribution in [0.1, 0.15) is 22.3 Å². The fourth-order valence-electron chi connectivity index (χ4n) is 3.05. The van der Waals surface area contributed by atoms with Crippen LogP contribution < -0.4 is 10.1 Å². The van der Waals surface area contributed by atoms with Crippen molar-refractivity contribution in [2.24, 2.45) is 0 Å². The molecule has 3 aromatic rings. The van der Waals surface area contributed by atoms with Gasteiger partial charge in [0.25, 0.3) is 0 Å². The van der Waals surface area contributed by atoms with Gasteiger partial charge in [-0.05, 0) is 35.9 Å². The van der Waals surface area contributed by atoms with Crippen LogP contribution in [0.4, 0.5) is 0 Å². The Labute approximate surface area is 157 Å². The molecule has 0 radical (unpaired) electrons. The lowest BCUT2D eigenvalue weighted by Gasteiger charge is -2.14. The minimum Gasteiger partial charge on any atom is -0.497 e. The van der Waals surface area contributed by atoms with Gasteiger partial charge in [-0.25, -0.2) is 0 Å². The highest BCUT2D eigenvalue weighted by Gasteiger charge is 2.19. The number of Topliss-reactive ketones (excluding diaryl/α,β-unsaturated/α-hetero) is 1. The van der Waals surface area contributed by atoms with Crippen molar-refractivity contribution >= 4 is 22.7 Å². The molecule has 0 aliphatic carbocycles. The second-order valence-corrected chi connectivity index (χ2v) is 6.31. The third-order valence-electron chi connectivity index (χ3n) is 4.55. The number of aromatic amines is 1. The third-order valence-corrected chi connectivity index (χ3v) is 4.55. The number of benzene rings is 2. The van der Waals surface area contributed by atoms with Crippen molar-refractivity contribution in [2.45, 2.75) is 18.9 Å². The van der Waals surface area contributed by atoms with Gasteiger partial charge < -0.3 is 20.1 Å². The summed E-state index contributed by atoms with van der Waals surface area (Å²) in [5.74, 6) is -0.284. The van der Waals surface area contributed by atoms with E-state index in [1.165, 1.54) is 0 Å². The van der Waals surface area contributed by atoms with Crippen molar-refractivity contribution in [3.8, 4) is 5.75 Å². The molecule has 6 heteroatoms. The average molecular weight is 366 g/mol. The number of hydrogen-bond acceptors (Lipinski definition) is 4. The molecule has 0 saturated heterocycles. The predicted molar refractivity (Wildman–Crippen MR) is 103 cm³/mol. The summed E-state index contributed by atoms with van der Waals surface area (Å²) in [5, 5.41) is 13.5. The number of H-pyrrole nitrogens is 1. The van der Waals surface area contributed by atoms with Gasteiger partial charge in [-0.3, -0.25) is 9.59 Å². The van der Waals surface area contributed by atoms with Gasteiger partial charge in [0.1, 0.15) is 11.8 Å². The fraction of sp³-hybridized carbons (Fsp3) is 0.238. The van der Waals surface area contributed by atoms with Crippen LogP contribution in [0.25, 0.3) is 10.9 Å². The first-order valence-corrected chi connectivity index (χ1v) is 8.77. The normalized spacial score (nSPS) is 12.0. The summed E-state index contributed by atoms with van der Waals surface area (Å²) >= 11 is 0. The lowest BCUT2D eigenvalue weighted by molar-refractivity contribution is -0.139. The average Bonchev–Trinajstić information content (AvgIpc) is 3.10. The van der Waals surface area contributed by atoms with Crippen LogP contribution in [0.2, 0.25) is 0 Å². The summed E-state index contributed by atoms with van der Waals surface area (Å²) in [6.45, 7) is 0.296. The molecule has 27 heavy (non-hydrogen) atoms. The molecule has 0 bridgehead atoms. The topological polar surface area (TPSA) is 91.4 Å². The van der Waals surface area contributed by atoms with Crippen molar-refractivity contribution in [1.82, 2.24) is 10.3 Å². The molecule has 0 aliphatic rings. The van der Waals surface area contributed by atoms with Crippen LogP contribution in [0.15, 0.2) is 54.7 Å². The van der Waals surface area contributed by atoms with E-state index in [0.29, 0.717) is 24.3 Å². The Bertz CT molecular complexity index is 931. The van der Waals surface area contributed by atoms with Gasteiger partial charge in [-0.15, -0.1) is 0 Å². The Morgan fingerprint density at radius 1 is 1.15 bits per heavy atom. The smallest absolute Gasteiger partial charge is 0.321 e. The number of aromatic nitrogens is 1. The number of ketones is 1. The van der Waals surface area contributed by atoms with E-state index in [1.807, 2.05) is 30.5 Å². The van der Waals surface area contributed by atoms with E-state index >= 15 is 0 Å². The van der Waals surface area contributed by atoms with Gasteiger partial charge in [0.15, 0.2) is 5.78 Å². The molecule has 0 saturated carbocycles. The van der Waals surface area contributed by atoms with Crippen molar-refractivity contribution in [2.75, 3.05) is 13.7 Å². The Hall–Kier alpha value is -3.12. The molecule has 6 nitrogen and oxygen atoms in total. The van der Waals surface area contributed by atoms with Crippen LogP contribution in [-0.2, 0) is 11.2 Å². The Balaban J connectivity index is 1.58. The molecule has 0 spiro atoms. The number of nitrogens with one attached hydrogen (secondary N) is 2. The molecular weight excluding hydrogens is 344 g/mol. The highest BCUT2D eigenvalue weighted by Crippen LogP contribution is 2.19. The molecule has 3 rings (SSSR count). The molecule has 1 heterocycles. The number of ether oxygens (including phenoxy) is 1. The number of carboxylic acid groups (broad SMARTS) is 1. The molecule has 2 aromatic carbocycles. The van der Waals surface area contributed by atoms with Crippen LogP contribution in [0, 0.1) is 0 Å². The van der Waals surface area contributed by atoms with Gasteiger partial charge in [0.2, 0.25) is 0 Å². The number of carbonyl (C=O) groups is 2. The van der Waals surface area contributed by atoms with Crippen molar-refractivity contribution in [1.29, 1.82) is 0 Å². The summed E-state index contributed by atoms with van der Waals surface area (Å²) in [6, 6.07) is 13.9. The highest BCUT2D eigenvalue weighted by atomic mass is 16.5. The second kappa shape index (κ2) is 8.51. The van der Waals surface area contributed by atoms with E-state index < -0.39 is 12.0 Å². The number of hydrogen-bond donors (Lipinski definition) is 3. The summed E-state index contributed by atoms with van der Waals surface area (Å²) < 4.78 is 5.08. The molecule has 1 aromatic heterocycles. The maximum atomic E-state index is 12.3. The molecule has 0 unspecified atom stereocenters. The lowest BCUT2D eigenvalue weighted by Crippen LogP contribution is -2.39. The standard InChI is InChI=1S/C21H22N2O4/c1-27-16-8-6-14(7-9-16)20(24)10-11-22-19(21(25)26)12-15-13-23-18-5-3-2-4-17(15)18/h2-9,13,19,22-23H,10-12H2,1H3,(H,25,26)/t19-/m1/s1. The molecule has 0 amide bonds. The van der Waals surface area contributed by atoms with E-state index in [4.69, 9.17) is 4.74 Å². The van der Waals surface area contributed by atoms with Crippen molar-refractivity contribution in [3.05, 3.63) is 65.9 Å². The highest BCUT2D eigenvalue weighted by molar-refractivity contribution is 5.96. The monoisotopic (exact) mass is 366 g/mol. The van der Waals surface area contributed by atoms with E-state index in [2.05, 4.69) is 10.3 Å². The van der Waals surface area contributed by atoms with Crippen molar-refractivity contribution < 1.29 is 19.4 Å². The summed E-state index contributed by atoms with van der Waals surface area (Å²) in [7, 11) is 1.57. The molecule has 0 fully saturated rings. The van der Waals surface area contributed by atoms with Crippen molar-refractivity contribution in [3.63, 3.8) is 0 Å². The fourth-order valence-corrected chi connectivity index (χ4v) is 3.05. The van der Waals surface area contributed by atoms with E-state index in [1.54, 1.807) is 31.4 Å². The lowest BCUT2D eigenvalue weighted by atomic mass is 10.0. The molecular formula is C21H22N2O4. The molecule has 140 valence electrons. The Morgan fingerprint density at radius 2 is 1.89 bits per heavy atom. The minimum absolute atomic E-state index is 0.0404. The van der Waals surface area contributed by atoms with Crippen LogP contribution in [-0.4, -0.2) is 41.5 Å². The van der Waals surface area contributed by atoms with E-state index in [-0.39, 0.29) is 12.2 Å². The summed E-state index contributed by atoms with van der Waals surface area (Å²) in [6.07, 6.45) is 2.41. The van der Waals surface area contributed by atoms with E-state index in [0.717, 1.165) is 16.5 Å². The van der Waals surface area contributed by atoms with Crippen LogP contribution >= 0.6 is 0 Å². The zero-order chi connectivity index (χ0) is 19.2. The van der Waals surface area contributed by atoms with Crippen LogP contribution in [0.3, 0.4) is 0 Å². The van der Waals surface area contributed by atoms with Gasteiger partial charge in [0, 0.05) is 42.0 Å². The van der Waals surface area contributed by atoms with Gasteiger partial charge >= 0.3 is 5.97 Å².